The van der Waals surface area contributed by atoms with Crippen molar-refractivity contribution in [2.75, 3.05) is 6.54 Å². The van der Waals surface area contributed by atoms with Crippen LogP contribution in [0.5, 0.6) is 0 Å². The van der Waals surface area contributed by atoms with E-state index in [0.717, 1.165) is 31.6 Å². The molecule has 1 aliphatic heterocycles. The molecule has 3 aromatic rings. The number of hydrogen-bond acceptors (Lipinski definition) is 3. The summed E-state index contributed by atoms with van der Waals surface area (Å²) in [6.07, 6.45) is 4.24. The first kappa shape index (κ1) is 14.0. The van der Waals surface area contributed by atoms with Crippen LogP contribution in [0.25, 0.3) is 5.52 Å². The second-order valence-corrected chi connectivity index (χ2v) is 5.92. The summed E-state index contributed by atoms with van der Waals surface area (Å²) < 4.78 is 1.65. The van der Waals surface area contributed by atoms with E-state index in [2.05, 4.69) is 34.3 Å². The summed E-state index contributed by atoms with van der Waals surface area (Å²) in [5.41, 5.74) is 4.73. The minimum atomic E-state index is -0.934. The van der Waals surface area contributed by atoms with E-state index in [-0.39, 0.29) is 5.56 Å². The lowest BCUT2D eigenvalue weighted by molar-refractivity contribution is 0.0699. The molecule has 0 radical (unpaired) electrons. The number of aromatic nitrogens is 2. The van der Waals surface area contributed by atoms with Crippen LogP contribution >= 0.6 is 0 Å². The van der Waals surface area contributed by atoms with Gasteiger partial charge >= 0.3 is 5.97 Å². The fraction of sp³-hybridized carbons (Fsp3) is 0.222. The predicted molar refractivity (Wildman–Crippen MR) is 86.4 cm³/mol. The number of aromatic carboxylic acids is 1. The molecule has 0 spiro atoms. The molecule has 0 unspecified atom stereocenters. The number of hydrogen-bond donors (Lipinski definition) is 1. The molecular formula is C18H17N3O2. The molecule has 1 aromatic carbocycles. The Labute approximate surface area is 133 Å². The van der Waals surface area contributed by atoms with Gasteiger partial charge in [-0.05, 0) is 29.2 Å². The maximum Gasteiger partial charge on any atom is 0.339 e. The van der Waals surface area contributed by atoms with E-state index in [9.17, 15) is 9.90 Å². The first-order chi connectivity index (χ1) is 11.2. The Morgan fingerprint density at radius 1 is 1.17 bits per heavy atom. The summed E-state index contributed by atoms with van der Waals surface area (Å²) in [7, 11) is 0. The fourth-order valence-electron chi connectivity index (χ4n) is 3.33. The lowest BCUT2D eigenvalue weighted by Gasteiger charge is -2.28. The van der Waals surface area contributed by atoms with Gasteiger partial charge in [0.05, 0.1) is 11.7 Å². The molecule has 0 amide bonds. The minimum absolute atomic E-state index is 0.262. The minimum Gasteiger partial charge on any atom is -0.478 e. The molecule has 5 nitrogen and oxygen atoms in total. The van der Waals surface area contributed by atoms with Gasteiger partial charge in [-0.25, -0.2) is 9.31 Å². The van der Waals surface area contributed by atoms with Crippen LogP contribution in [-0.2, 0) is 19.5 Å². The highest BCUT2D eigenvalue weighted by Crippen LogP contribution is 2.23. The lowest BCUT2D eigenvalue weighted by atomic mass is 9.99. The third-order valence-corrected chi connectivity index (χ3v) is 4.46. The zero-order chi connectivity index (χ0) is 15.8. The molecule has 3 heterocycles. The molecule has 1 aliphatic rings. The maximum absolute atomic E-state index is 11.4. The van der Waals surface area contributed by atoms with E-state index in [4.69, 9.17) is 0 Å². The summed E-state index contributed by atoms with van der Waals surface area (Å²) in [5, 5.41) is 13.5. The van der Waals surface area contributed by atoms with Crippen LogP contribution in [0.1, 0.15) is 27.0 Å². The van der Waals surface area contributed by atoms with Crippen molar-refractivity contribution < 1.29 is 9.90 Å². The number of rotatable bonds is 3. The average molecular weight is 307 g/mol. The van der Waals surface area contributed by atoms with Crippen LogP contribution in [0.15, 0.2) is 48.8 Å². The summed E-state index contributed by atoms with van der Waals surface area (Å²) in [6, 6.07) is 12.4. The molecule has 0 fully saturated rings. The topological polar surface area (TPSA) is 57.8 Å². The maximum atomic E-state index is 11.4. The van der Waals surface area contributed by atoms with Gasteiger partial charge in [0.2, 0.25) is 0 Å². The van der Waals surface area contributed by atoms with Crippen molar-refractivity contribution in [2.24, 2.45) is 0 Å². The zero-order valence-electron chi connectivity index (χ0n) is 12.6. The van der Waals surface area contributed by atoms with Gasteiger partial charge in [-0.2, -0.15) is 5.10 Å². The largest absolute Gasteiger partial charge is 0.478 e. The lowest BCUT2D eigenvalue weighted by Crippen LogP contribution is -2.30. The quantitative estimate of drug-likeness (QED) is 0.808. The molecule has 0 atom stereocenters. The summed E-state index contributed by atoms with van der Waals surface area (Å²) in [6.45, 7) is 2.60. The van der Waals surface area contributed by atoms with E-state index in [1.165, 1.54) is 17.3 Å². The first-order valence-electron chi connectivity index (χ1n) is 7.70. The van der Waals surface area contributed by atoms with Crippen molar-refractivity contribution in [3.05, 3.63) is 71.0 Å². The Bertz CT molecular complexity index is 885. The SMILES string of the molecule is O=C(O)c1cnn2cccc(CN3CCc4ccccc4C3)c12. The summed E-state index contributed by atoms with van der Waals surface area (Å²) in [4.78, 5) is 13.8. The highest BCUT2D eigenvalue weighted by atomic mass is 16.4. The van der Waals surface area contributed by atoms with E-state index in [1.807, 2.05) is 12.1 Å². The third kappa shape index (κ3) is 2.49. The highest BCUT2D eigenvalue weighted by Gasteiger charge is 2.19. The van der Waals surface area contributed by atoms with Crippen LogP contribution in [0.3, 0.4) is 0 Å². The molecule has 4 rings (SSSR count). The van der Waals surface area contributed by atoms with E-state index in [0.29, 0.717) is 5.52 Å². The van der Waals surface area contributed by atoms with Gasteiger partial charge < -0.3 is 5.11 Å². The highest BCUT2D eigenvalue weighted by molar-refractivity contribution is 5.96. The number of nitrogens with zero attached hydrogens (tertiary/aromatic N) is 3. The van der Waals surface area contributed by atoms with Gasteiger partial charge in [-0.15, -0.1) is 0 Å². The number of carbonyl (C=O) groups is 1. The molecule has 0 aliphatic carbocycles. The molecule has 0 bridgehead atoms. The molecule has 116 valence electrons. The second-order valence-electron chi connectivity index (χ2n) is 5.92. The Hall–Kier alpha value is -2.66. The summed E-state index contributed by atoms with van der Waals surface area (Å²) in [5.74, 6) is -0.934. The number of fused-ring (bicyclic) bond motifs is 2. The second kappa shape index (κ2) is 5.52. The van der Waals surface area contributed by atoms with Crippen LogP contribution in [0, 0.1) is 0 Å². The van der Waals surface area contributed by atoms with Gasteiger partial charge in [0.15, 0.2) is 0 Å². The molecule has 2 aromatic heterocycles. The Morgan fingerprint density at radius 3 is 2.83 bits per heavy atom. The van der Waals surface area contributed by atoms with Crippen molar-refractivity contribution in [1.29, 1.82) is 0 Å². The van der Waals surface area contributed by atoms with Crippen LogP contribution in [-0.4, -0.2) is 32.1 Å². The molecular weight excluding hydrogens is 290 g/mol. The number of carboxylic acids is 1. The summed E-state index contributed by atoms with van der Waals surface area (Å²) >= 11 is 0. The number of pyridine rings is 1. The smallest absolute Gasteiger partial charge is 0.339 e. The van der Waals surface area contributed by atoms with Crippen molar-refractivity contribution in [3.8, 4) is 0 Å². The molecule has 0 saturated heterocycles. The van der Waals surface area contributed by atoms with Gasteiger partial charge in [-0.1, -0.05) is 30.3 Å². The number of carboxylic acid groups (broad SMARTS) is 1. The van der Waals surface area contributed by atoms with Crippen molar-refractivity contribution >= 4 is 11.5 Å². The Kier molecular flexibility index (Phi) is 3.35. The fourth-order valence-corrected chi connectivity index (χ4v) is 3.33. The molecule has 5 heteroatoms. The van der Waals surface area contributed by atoms with E-state index >= 15 is 0 Å². The third-order valence-electron chi connectivity index (χ3n) is 4.46. The van der Waals surface area contributed by atoms with Gasteiger partial charge in [0, 0.05) is 25.8 Å². The van der Waals surface area contributed by atoms with Crippen LogP contribution in [0.2, 0.25) is 0 Å². The Morgan fingerprint density at radius 2 is 2.00 bits per heavy atom. The van der Waals surface area contributed by atoms with Crippen LogP contribution < -0.4 is 0 Å². The number of benzene rings is 1. The standard InChI is InChI=1S/C18H17N3O2/c22-18(23)16-10-19-21-8-3-6-15(17(16)21)12-20-9-7-13-4-1-2-5-14(13)11-20/h1-6,8,10H,7,9,11-12H2,(H,22,23). The predicted octanol–water partition coefficient (Wildman–Crippen LogP) is 2.59. The molecule has 23 heavy (non-hydrogen) atoms. The van der Waals surface area contributed by atoms with Crippen LogP contribution in [0.4, 0.5) is 0 Å². The van der Waals surface area contributed by atoms with Crippen molar-refractivity contribution in [2.45, 2.75) is 19.5 Å². The molecule has 1 N–H and O–H groups in total. The Balaban J connectivity index is 1.66. The van der Waals surface area contributed by atoms with Crippen molar-refractivity contribution in [3.63, 3.8) is 0 Å². The van der Waals surface area contributed by atoms with Gasteiger partial charge in [0.25, 0.3) is 0 Å². The van der Waals surface area contributed by atoms with E-state index in [1.54, 1.807) is 10.7 Å². The first-order valence-corrected chi connectivity index (χ1v) is 7.70. The van der Waals surface area contributed by atoms with Crippen molar-refractivity contribution in [1.82, 2.24) is 14.5 Å². The average Bonchev–Trinajstić information content (AvgIpc) is 3.00. The normalized spacial score (nSPS) is 14.8. The zero-order valence-corrected chi connectivity index (χ0v) is 12.6. The van der Waals surface area contributed by atoms with Gasteiger partial charge in [-0.3, -0.25) is 4.90 Å². The molecule has 0 saturated carbocycles. The van der Waals surface area contributed by atoms with E-state index < -0.39 is 5.97 Å². The monoisotopic (exact) mass is 307 g/mol. The van der Waals surface area contributed by atoms with Gasteiger partial charge in [0.1, 0.15) is 5.56 Å².